The normalized spacial score (nSPS) is 11.5. The van der Waals surface area contributed by atoms with Gasteiger partial charge < -0.3 is 9.99 Å². The minimum absolute atomic E-state index is 0.217. The van der Waals surface area contributed by atoms with E-state index in [0.29, 0.717) is 0 Å². The molecule has 1 N–H and O–H groups in total. The van der Waals surface area contributed by atoms with Crippen LogP contribution in [0.5, 0.6) is 0 Å². The first kappa shape index (κ1) is 11.4. The molecule has 4 nitrogen and oxygen atoms in total. The second-order valence-electron chi connectivity index (χ2n) is 2.57. The van der Waals surface area contributed by atoms with Crippen LogP contribution >= 0.6 is 12.0 Å². The molecule has 0 bridgehead atoms. The number of hydrogen-bond donors (Lipinski definition) is 1. The van der Waals surface area contributed by atoms with Gasteiger partial charge in [0.05, 0.1) is 12.0 Å². The van der Waals surface area contributed by atoms with Crippen molar-refractivity contribution in [3.05, 3.63) is 41.9 Å². The van der Waals surface area contributed by atoms with Crippen LogP contribution in [0.25, 0.3) is 0 Å². The summed E-state index contributed by atoms with van der Waals surface area (Å²) >= 11 is 0.963. The van der Waals surface area contributed by atoms with Crippen molar-refractivity contribution in [2.45, 2.75) is 11.8 Å². The third-order valence-corrected chi connectivity index (χ3v) is 2.02. The number of rotatable bonds is 4. The molecule has 0 radical (unpaired) electrons. The van der Waals surface area contributed by atoms with Crippen molar-refractivity contribution in [1.82, 2.24) is 0 Å². The van der Waals surface area contributed by atoms with E-state index < -0.39 is 0 Å². The number of aliphatic hydroxyl groups excluding tert-OH is 1. The maximum atomic E-state index is 8.95. The first-order valence-electron chi connectivity index (χ1n) is 4.10. The Morgan fingerprint density at radius 3 is 2.60 bits per heavy atom. The Hall–Kier alpha value is -1.64. The van der Waals surface area contributed by atoms with Crippen molar-refractivity contribution < 1.29 is 14.3 Å². The van der Waals surface area contributed by atoms with Crippen LogP contribution in [-0.2, 0) is 9.22 Å². The lowest BCUT2D eigenvalue weighted by Crippen LogP contribution is -1.90. The Bertz CT molecular complexity index is 379. The van der Waals surface area contributed by atoms with Gasteiger partial charge >= 0.3 is 0 Å². The maximum Gasteiger partial charge on any atom is 0.279 e. The predicted molar refractivity (Wildman–Crippen MR) is 55.4 cm³/mol. The van der Waals surface area contributed by atoms with Gasteiger partial charge in [-0.2, -0.15) is 5.26 Å². The van der Waals surface area contributed by atoms with Crippen LogP contribution in [0.1, 0.15) is 6.92 Å². The molecule has 0 atom stereocenters. The smallest absolute Gasteiger partial charge is 0.279 e. The number of hydrogen-bond acceptors (Lipinski definition) is 5. The van der Waals surface area contributed by atoms with Crippen molar-refractivity contribution in [3.63, 3.8) is 0 Å². The second-order valence-corrected chi connectivity index (χ2v) is 3.35. The summed E-state index contributed by atoms with van der Waals surface area (Å²) in [5.41, 5.74) is 0. The van der Waals surface area contributed by atoms with E-state index in [2.05, 4.69) is 4.89 Å². The van der Waals surface area contributed by atoms with Crippen LogP contribution in [0.4, 0.5) is 0 Å². The molecular weight excluding hydrogens is 214 g/mol. The topological polar surface area (TPSA) is 62.5 Å². The van der Waals surface area contributed by atoms with Crippen LogP contribution in [0.15, 0.2) is 46.7 Å². The summed E-state index contributed by atoms with van der Waals surface area (Å²) in [4.78, 5) is 5.43. The van der Waals surface area contributed by atoms with Crippen molar-refractivity contribution in [1.29, 1.82) is 5.26 Å². The molecule has 1 aromatic rings. The molecular formula is C10H9NO3S. The number of aliphatic hydroxyl groups is 1. The van der Waals surface area contributed by atoms with Gasteiger partial charge in [0.15, 0.2) is 0 Å². The summed E-state index contributed by atoms with van der Waals surface area (Å²) < 4.78 is 4.71. The number of allylic oxidation sites excluding steroid dienone is 2. The molecule has 15 heavy (non-hydrogen) atoms. The third kappa shape index (κ3) is 3.94. The van der Waals surface area contributed by atoms with Gasteiger partial charge in [0.1, 0.15) is 11.8 Å². The summed E-state index contributed by atoms with van der Waals surface area (Å²) in [7, 11) is 0. The molecule has 0 unspecified atom stereocenters. The zero-order valence-corrected chi connectivity index (χ0v) is 8.82. The minimum Gasteiger partial charge on any atom is -0.508 e. The molecule has 1 rings (SSSR count). The molecule has 0 aliphatic carbocycles. The molecule has 0 aliphatic rings. The second kappa shape index (κ2) is 5.96. The van der Waals surface area contributed by atoms with Gasteiger partial charge in [-0.15, -0.1) is 4.33 Å². The summed E-state index contributed by atoms with van der Waals surface area (Å²) in [5, 5.41) is 17.5. The molecule has 0 saturated carbocycles. The van der Waals surface area contributed by atoms with Crippen molar-refractivity contribution in [2.24, 2.45) is 0 Å². The highest BCUT2D eigenvalue weighted by Crippen LogP contribution is 2.20. The van der Waals surface area contributed by atoms with Crippen LogP contribution < -0.4 is 0 Å². The van der Waals surface area contributed by atoms with E-state index in [1.54, 1.807) is 6.07 Å². The van der Waals surface area contributed by atoms with Gasteiger partial charge in [-0.1, -0.05) is 18.2 Å². The zero-order chi connectivity index (χ0) is 11.1. The lowest BCUT2D eigenvalue weighted by Gasteiger charge is -2.01. The highest BCUT2D eigenvalue weighted by molar-refractivity contribution is 7.94. The Morgan fingerprint density at radius 2 is 2.07 bits per heavy atom. The molecule has 0 aliphatic heterocycles. The fourth-order valence-corrected chi connectivity index (χ4v) is 1.18. The van der Waals surface area contributed by atoms with E-state index in [0.717, 1.165) is 16.9 Å². The van der Waals surface area contributed by atoms with E-state index in [-0.39, 0.29) is 11.5 Å². The molecule has 1 aromatic carbocycles. The van der Waals surface area contributed by atoms with Crippen molar-refractivity contribution in [2.75, 3.05) is 0 Å². The summed E-state index contributed by atoms with van der Waals surface area (Å²) in [6, 6.07) is 10.9. The minimum atomic E-state index is -0.251. The molecule has 0 heterocycles. The maximum absolute atomic E-state index is 8.95. The van der Waals surface area contributed by atoms with E-state index in [9.17, 15) is 0 Å². The van der Waals surface area contributed by atoms with Crippen LogP contribution in [0.2, 0.25) is 0 Å². The SMILES string of the molecule is C/C(O)=C(/C#N)OOSc1ccccc1. The number of nitrogens with zero attached hydrogens (tertiary/aromatic N) is 1. The summed E-state index contributed by atoms with van der Waals surface area (Å²) in [5.74, 6) is -0.468. The fourth-order valence-electron chi connectivity index (χ4n) is 0.726. The van der Waals surface area contributed by atoms with Crippen LogP contribution in [0, 0.1) is 11.3 Å². The van der Waals surface area contributed by atoms with Gasteiger partial charge in [0.25, 0.3) is 5.76 Å². The van der Waals surface area contributed by atoms with Gasteiger partial charge in [0.2, 0.25) is 0 Å². The highest BCUT2D eigenvalue weighted by atomic mass is 32.2. The standard InChI is InChI=1S/C10H9NO3S/c1-8(12)10(7-11)13-14-15-9-5-3-2-4-6-9/h2-6,12H,1H3/b10-8+. The highest BCUT2D eigenvalue weighted by Gasteiger charge is 2.03. The summed E-state index contributed by atoms with van der Waals surface area (Å²) in [6.45, 7) is 1.34. The fraction of sp³-hybridized carbons (Fsp3) is 0.100. The Kier molecular flexibility index (Phi) is 4.54. The molecule has 0 aromatic heterocycles. The lowest BCUT2D eigenvalue weighted by atomic mass is 10.4. The van der Waals surface area contributed by atoms with E-state index >= 15 is 0 Å². The first-order valence-corrected chi connectivity index (χ1v) is 4.84. The van der Waals surface area contributed by atoms with Crippen LogP contribution in [-0.4, -0.2) is 5.11 Å². The monoisotopic (exact) mass is 223 g/mol. The molecule has 5 heteroatoms. The van der Waals surface area contributed by atoms with Crippen molar-refractivity contribution in [3.8, 4) is 6.07 Å². The Morgan fingerprint density at radius 1 is 1.40 bits per heavy atom. The van der Waals surface area contributed by atoms with Gasteiger partial charge in [-0.05, 0) is 19.1 Å². The molecule has 78 valence electrons. The molecule has 0 fully saturated rings. The third-order valence-electron chi connectivity index (χ3n) is 1.42. The Labute approximate surface area is 91.9 Å². The molecule has 0 saturated heterocycles. The number of nitriles is 1. The largest absolute Gasteiger partial charge is 0.508 e. The van der Waals surface area contributed by atoms with Gasteiger partial charge in [0, 0.05) is 4.90 Å². The van der Waals surface area contributed by atoms with E-state index in [4.69, 9.17) is 14.7 Å². The predicted octanol–water partition coefficient (Wildman–Crippen LogP) is 2.95. The van der Waals surface area contributed by atoms with Gasteiger partial charge in [-0.3, -0.25) is 0 Å². The van der Waals surface area contributed by atoms with E-state index in [1.165, 1.54) is 6.92 Å². The number of benzene rings is 1. The van der Waals surface area contributed by atoms with Crippen LogP contribution in [0.3, 0.4) is 0 Å². The quantitative estimate of drug-likeness (QED) is 0.279. The van der Waals surface area contributed by atoms with E-state index in [1.807, 2.05) is 30.3 Å². The average Bonchev–Trinajstić information content (AvgIpc) is 2.25. The lowest BCUT2D eigenvalue weighted by molar-refractivity contribution is -0.144. The molecule has 0 spiro atoms. The summed E-state index contributed by atoms with van der Waals surface area (Å²) in [6.07, 6.45) is 0. The van der Waals surface area contributed by atoms with Gasteiger partial charge in [-0.25, -0.2) is 0 Å². The molecule has 0 amide bonds. The first-order chi connectivity index (χ1) is 7.24. The zero-order valence-electron chi connectivity index (χ0n) is 8.01. The Balaban J connectivity index is 2.41. The average molecular weight is 223 g/mol. The van der Waals surface area contributed by atoms with Crippen molar-refractivity contribution >= 4 is 12.0 Å².